The summed E-state index contributed by atoms with van der Waals surface area (Å²) in [5.74, 6) is 5.45. The van der Waals surface area contributed by atoms with E-state index in [9.17, 15) is 0 Å². The molecule has 0 aromatic carbocycles. The average Bonchev–Trinajstić information content (AvgIpc) is 2.58. The number of fused-ring (bicyclic) bond motifs is 5. The Balaban J connectivity index is 1.91. The third-order valence-electron chi connectivity index (χ3n) is 4.05. The van der Waals surface area contributed by atoms with Crippen molar-refractivity contribution in [3.05, 3.63) is 12.7 Å². The van der Waals surface area contributed by atoms with Gasteiger partial charge < -0.3 is 0 Å². The molecule has 0 saturated heterocycles. The molecule has 2 bridgehead atoms. The summed E-state index contributed by atoms with van der Waals surface area (Å²) in [6.07, 6.45) is 6.81. The first kappa shape index (κ1) is 5.40. The molecular weight excluding hydrogens is 120 g/mol. The largest absolute Gasteiger partial charge is 0.103 e. The van der Waals surface area contributed by atoms with Crippen LogP contribution in [0.25, 0.3) is 0 Å². The molecule has 3 saturated carbocycles. The molecule has 0 amide bonds. The Bertz CT molecular complexity index is 182. The molecule has 0 aromatic heterocycles. The van der Waals surface area contributed by atoms with E-state index < -0.39 is 0 Å². The molecule has 0 N–H and O–H groups in total. The van der Waals surface area contributed by atoms with Gasteiger partial charge in [-0.25, -0.2) is 0 Å². The van der Waals surface area contributed by atoms with Gasteiger partial charge in [0.2, 0.25) is 0 Å². The van der Waals surface area contributed by atoms with Gasteiger partial charge >= 0.3 is 0 Å². The normalized spacial score (nSPS) is 62.2. The van der Waals surface area contributed by atoms with Crippen LogP contribution in [0.2, 0.25) is 0 Å². The van der Waals surface area contributed by atoms with Crippen LogP contribution in [-0.2, 0) is 0 Å². The average molecular weight is 134 g/mol. The van der Waals surface area contributed by atoms with Gasteiger partial charge in [-0.1, -0.05) is 6.08 Å². The molecule has 0 heteroatoms. The summed E-state index contributed by atoms with van der Waals surface area (Å²) in [5, 5.41) is 0. The third-order valence-corrected chi connectivity index (χ3v) is 4.05. The van der Waals surface area contributed by atoms with Gasteiger partial charge in [0.15, 0.2) is 0 Å². The predicted octanol–water partition coefficient (Wildman–Crippen LogP) is 2.46. The van der Waals surface area contributed by atoms with Crippen LogP contribution in [0.15, 0.2) is 12.7 Å². The summed E-state index contributed by atoms with van der Waals surface area (Å²) in [5.41, 5.74) is 0. The molecule has 3 rings (SSSR count). The minimum atomic E-state index is 0.911. The van der Waals surface area contributed by atoms with E-state index in [1.807, 2.05) is 0 Å². The maximum atomic E-state index is 3.91. The summed E-state index contributed by atoms with van der Waals surface area (Å²) in [6, 6.07) is 0. The zero-order chi connectivity index (χ0) is 6.72. The third kappa shape index (κ3) is 0.457. The van der Waals surface area contributed by atoms with Crippen molar-refractivity contribution in [2.75, 3.05) is 0 Å². The van der Waals surface area contributed by atoms with E-state index in [1.54, 1.807) is 12.8 Å². The molecule has 0 aromatic rings. The zero-order valence-corrected chi connectivity index (χ0v) is 6.29. The van der Waals surface area contributed by atoms with Crippen LogP contribution in [-0.4, -0.2) is 0 Å². The van der Waals surface area contributed by atoms with Crippen molar-refractivity contribution < 1.29 is 0 Å². The fourth-order valence-electron chi connectivity index (χ4n) is 3.53. The molecule has 0 aliphatic heterocycles. The second kappa shape index (κ2) is 1.49. The van der Waals surface area contributed by atoms with E-state index in [-0.39, 0.29) is 0 Å². The van der Waals surface area contributed by atoms with Crippen LogP contribution in [0, 0.1) is 29.6 Å². The van der Waals surface area contributed by atoms with E-state index in [4.69, 9.17) is 0 Å². The van der Waals surface area contributed by atoms with Gasteiger partial charge in [0.05, 0.1) is 0 Å². The Kier molecular flexibility index (Phi) is 0.805. The standard InChI is InChI=1S/C10H14/c1-2-6-3-7-4-8(6)10-5-9(7)10/h2,6-10H,1,3-5H2/t6-,7+,8-,9-,10-/m1/s1. The van der Waals surface area contributed by atoms with Crippen molar-refractivity contribution in [3.63, 3.8) is 0 Å². The van der Waals surface area contributed by atoms with Gasteiger partial charge in [-0.3, -0.25) is 0 Å². The Morgan fingerprint density at radius 1 is 1.00 bits per heavy atom. The zero-order valence-electron chi connectivity index (χ0n) is 6.29. The molecule has 54 valence electrons. The minimum absolute atomic E-state index is 0.911. The van der Waals surface area contributed by atoms with E-state index in [0.29, 0.717) is 0 Å². The Morgan fingerprint density at radius 3 is 2.50 bits per heavy atom. The van der Waals surface area contributed by atoms with Gasteiger partial charge in [-0.2, -0.15) is 0 Å². The summed E-state index contributed by atoms with van der Waals surface area (Å²) in [7, 11) is 0. The second-order valence-corrected chi connectivity index (χ2v) is 4.36. The first-order chi connectivity index (χ1) is 4.90. The molecule has 3 aliphatic rings. The fraction of sp³-hybridized carbons (Fsp3) is 0.800. The molecule has 3 aliphatic carbocycles. The molecular formula is C10H14. The molecule has 3 fully saturated rings. The van der Waals surface area contributed by atoms with E-state index >= 15 is 0 Å². The maximum absolute atomic E-state index is 3.91. The van der Waals surface area contributed by atoms with Crippen molar-refractivity contribution >= 4 is 0 Å². The first-order valence-corrected chi connectivity index (χ1v) is 4.52. The number of rotatable bonds is 1. The van der Waals surface area contributed by atoms with Crippen molar-refractivity contribution in [2.45, 2.75) is 19.3 Å². The van der Waals surface area contributed by atoms with Crippen LogP contribution in [0.4, 0.5) is 0 Å². The highest BCUT2D eigenvalue weighted by Crippen LogP contribution is 2.67. The highest BCUT2D eigenvalue weighted by atomic mass is 14.6. The van der Waals surface area contributed by atoms with E-state index in [0.717, 1.165) is 23.7 Å². The van der Waals surface area contributed by atoms with Crippen LogP contribution in [0.1, 0.15) is 19.3 Å². The lowest BCUT2D eigenvalue weighted by Crippen LogP contribution is -2.09. The van der Waals surface area contributed by atoms with Crippen molar-refractivity contribution in [1.29, 1.82) is 0 Å². The quantitative estimate of drug-likeness (QED) is 0.483. The summed E-state index contributed by atoms with van der Waals surface area (Å²) >= 11 is 0. The topological polar surface area (TPSA) is 0 Å². The molecule has 10 heavy (non-hydrogen) atoms. The van der Waals surface area contributed by atoms with E-state index in [1.165, 1.54) is 12.3 Å². The lowest BCUT2D eigenvalue weighted by atomic mass is 9.89. The first-order valence-electron chi connectivity index (χ1n) is 4.52. The lowest BCUT2D eigenvalue weighted by Gasteiger charge is -2.16. The predicted molar refractivity (Wildman–Crippen MR) is 41.5 cm³/mol. The fourth-order valence-corrected chi connectivity index (χ4v) is 3.53. The lowest BCUT2D eigenvalue weighted by molar-refractivity contribution is 0.375. The molecule has 0 unspecified atom stereocenters. The van der Waals surface area contributed by atoms with Gasteiger partial charge in [0.25, 0.3) is 0 Å². The van der Waals surface area contributed by atoms with Gasteiger partial charge in [0, 0.05) is 0 Å². The highest BCUT2D eigenvalue weighted by Gasteiger charge is 2.59. The Hall–Kier alpha value is -0.260. The number of allylic oxidation sites excluding steroid dienone is 1. The molecule has 0 spiro atoms. The van der Waals surface area contributed by atoms with Gasteiger partial charge in [-0.05, 0) is 48.9 Å². The Labute approximate surface area is 62.3 Å². The van der Waals surface area contributed by atoms with Crippen molar-refractivity contribution in [1.82, 2.24) is 0 Å². The smallest absolute Gasteiger partial charge is 0.0202 e. The van der Waals surface area contributed by atoms with Crippen molar-refractivity contribution in [3.8, 4) is 0 Å². The highest BCUT2D eigenvalue weighted by molar-refractivity contribution is 5.12. The van der Waals surface area contributed by atoms with Crippen molar-refractivity contribution in [2.24, 2.45) is 29.6 Å². The molecule has 0 nitrogen and oxygen atoms in total. The molecule has 0 heterocycles. The van der Waals surface area contributed by atoms with Crippen LogP contribution < -0.4 is 0 Å². The second-order valence-electron chi connectivity index (χ2n) is 4.36. The maximum Gasteiger partial charge on any atom is -0.0202 e. The summed E-state index contributed by atoms with van der Waals surface area (Å²) in [6.45, 7) is 3.91. The van der Waals surface area contributed by atoms with Crippen LogP contribution in [0.3, 0.4) is 0 Å². The molecule has 0 radical (unpaired) electrons. The Morgan fingerprint density at radius 2 is 1.90 bits per heavy atom. The number of hydrogen-bond donors (Lipinski definition) is 0. The summed E-state index contributed by atoms with van der Waals surface area (Å²) < 4.78 is 0. The number of hydrogen-bond acceptors (Lipinski definition) is 0. The minimum Gasteiger partial charge on any atom is -0.103 e. The van der Waals surface area contributed by atoms with Crippen LogP contribution in [0.5, 0.6) is 0 Å². The van der Waals surface area contributed by atoms with Crippen LogP contribution >= 0.6 is 0 Å². The SMILES string of the molecule is C=C[C@@H]1C[C@H]2C[C@H]1[C@H]1C[C@H]21. The van der Waals surface area contributed by atoms with Gasteiger partial charge in [-0.15, -0.1) is 6.58 Å². The van der Waals surface area contributed by atoms with E-state index in [2.05, 4.69) is 12.7 Å². The molecule has 5 atom stereocenters. The summed E-state index contributed by atoms with van der Waals surface area (Å²) in [4.78, 5) is 0. The monoisotopic (exact) mass is 134 g/mol. The van der Waals surface area contributed by atoms with Gasteiger partial charge in [0.1, 0.15) is 0 Å².